The van der Waals surface area contributed by atoms with Gasteiger partial charge in [0.1, 0.15) is 6.67 Å². The second kappa shape index (κ2) is 7.51. The largest absolute Gasteiger partial charge is 0.320 e. The maximum absolute atomic E-state index is 5.17. The highest BCUT2D eigenvalue weighted by atomic mass is 15.1. The number of para-hydroxylation sites is 2. The second-order valence-corrected chi connectivity index (χ2v) is 8.45. The number of fused-ring (bicyclic) bond motifs is 3. The highest BCUT2D eigenvalue weighted by Gasteiger charge is 2.29. The molecule has 0 amide bonds. The Balaban J connectivity index is 1.70. The maximum Gasteiger partial charge on any atom is 0.115 e. The van der Waals surface area contributed by atoms with Gasteiger partial charge < -0.3 is 4.57 Å². The van der Waals surface area contributed by atoms with Gasteiger partial charge in [-0.3, -0.25) is 9.98 Å². The Kier molecular flexibility index (Phi) is 4.67. The van der Waals surface area contributed by atoms with Crippen molar-refractivity contribution in [3.63, 3.8) is 0 Å². The van der Waals surface area contributed by atoms with Crippen LogP contribution in [0.25, 0.3) is 21.8 Å². The van der Waals surface area contributed by atoms with E-state index in [0.717, 1.165) is 22.5 Å². The molecule has 3 nitrogen and oxygen atoms in total. The van der Waals surface area contributed by atoms with E-state index in [1.807, 2.05) is 6.07 Å². The lowest BCUT2D eigenvalue weighted by Gasteiger charge is -2.18. The lowest BCUT2D eigenvalue weighted by atomic mass is 9.90. The third-order valence-electron chi connectivity index (χ3n) is 6.04. The molecule has 31 heavy (non-hydrogen) atoms. The summed E-state index contributed by atoms with van der Waals surface area (Å²) in [6.07, 6.45) is 4.33. The molecule has 3 heteroatoms. The zero-order valence-electron chi connectivity index (χ0n) is 17.9. The maximum atomic E-state index is 5.17. The van der Waals surface area contributed by atoms with Gasteiger partial charge in [-0.15, -0.1) is 0 Å². The third kappa shape index (κ3) is 3.23. The molecule has 0 unspecified atom stereocenters. The zero-order valence-corrected chi connectivity index (χ0v) is 17.9. The Morgan fingerprint density at radius 3 is 2.03 bits per heavy atom. The lowest BCUT2D eigenvalue weighted by Crippen LogP contribution is -2.12. The van der Waals surface area contributed by atoms with Crippen molar-refractivity contribution in [1.82, 2.24) is 4.57 Å². The molecule has 0 atom stereocenters. The zero-order chi connectivity index (χ0) is 21.4. The monoisotopic (exact) mass is 403 g/mol. The Labute approximate surface area is 182 Å². The van der Waals surface area contributed by atoms with Crippen LogP contribution in [0.1, 0.15) is 19.4 Å². The van der Waals surface area contributed by atoms with E-state index in [-0.39, 0.29) is 5.41 Å². The molecular weight excluding hydrogens is 378 g/mol. The smallest absolute Gasteiger partial charge is 0.115 e. The minimum absolute atomic E-state index is 0.153. The number of allylic oxidation sites excluding steroid dienone is 3. The summed E-state index contributed by atoms with van der Waals surface area (Å²) in [5.41, 5.74) is 6.29. The van der Waals surface area contributed by atoms with E-state index in [2.05, 4.69) is 115 Å². The summed E-state index contributed by atoms with van der Waals surface area (Å²) >= 11 is 0. The van der Waals surface area contributed by atoms with Gasteiger partial charge in [-0.2, -0.15) is 0 Å². The number of nitrogens with zero attached hydrogens (tertiary/aromatic N) is 3. The van der Waals surface area contributed by atoms with E-state index in [4.69, 9.17) is 4.99 Å². The van der Waals surface area contributed by atoms with Crippen LogP contribution < -0.4 is 0 Å². The van der Waals surface area contributed by atoms with Crippen LogP contribution in [0.2, 0.25) is 0 Å². The summed E-state index contributed by atoms with van der Waals surface area (Å²) < 4.78 is 2.29. The van der Waals surface area contributed by atoms with Gasteiger partial charge in [0.25, 0.3) is 0 Å². The average molecular weight is 404 g/mol. The Morgan fingerprint density at radius 1 is 0.839 bits per heavy atom. The van der Waals surface area contributed by atoms with Crippen LogP contribution in [0, 0.1) is 5.41 Å². The molecule has 1 aliphatic carbocycles. The first-order valence-electron chi connectivity index (χ1n) is 10.6. The molecular formula is C28H25N3. The summed E-state index contributed by atoms with van der Waals surface area (Å²) in [7, 11) is 0. The van der Waals surface area contributed by atoms with Crippen LogP contribution in [-0.4, -0.2) is 17.0 Å². The van der Waals surface area contributed by atoms with Crippen LogP contribution in [-0.2, 0) is 6.67 Å². The number of aromatic nitrogens is 1. The first kappa shape index (κ1) is 19.3. The number of hydrogen-bond donors (Lipinski definition) is 0. The van der Waals surface area contributed by atoms with Crippen molar-refractivity contribution >= 4 is 34.2 Å². The van der Waals surface area contributed by atoms with Crippen LogP contribution in [0.5, 0.6) is 0 Å². The van der Waals surface area contributed by atoms with E-state index >= 15 is 0 Å². The number of benzene rings is 3. The predicted octanol–water partition coefficient (Wildman–Crippen LogP) is 6.79. The Morgan fingerprint density at radius 2 is 1.42 bits per heavy atom. The van der Waals surface area contributed by atoms with E-state index in [1.54, 1.807) is 0 Å². The van der Waals surface area contributed by atoms with E-state index in [9.17, 15) is 0 Å². The summed E-state index contributed by atoms with van der Waals surface area (Å²) in [5, 5.41) is 2.51. The van der Waals surface area contributed by atoms with Crippen molar-refractivity contribution in [2.24, 2.45) is 15.4 Å². The lowest BCUT2D eigenvalue weighted by molar-refractivity contribution is 0.584. The molecule has 0 spiro atoms. The molecule has 1 aromatic heterocycles. The molecule has 0 bridgehead atoms. The van der Waals surface area contributed by atoms with E-state index < -0.39 is 0 Å². The van der Waals surface area contributed by atoms with Crippen molar-refractivity contribution in [2.75, 3.05) is 0 Å². The van der Waals surface area contributed by atoms with Crippen LogP contribution in [0.3, 0.4) is 0 Å². The van der Waals surface area contributed by atoms with Crippen molar-refractivity contribution in [1.29, 1.82) is 0 Å². The minimum atomic E-state index is -0.153. The van der Waals surface area contributed by atoms with Crippen molar-refractivity contribution in [2.45, 2.75) is 20.5 Å². The Bertz CT molecular complexity index is 1330. The normalized spacial score (nSPS) is 15.9. The number of hydrogen-bond acceptors (Lipinski definition) is 2. The quantitative estimate of drug-likeness (QED) is 0.328. The standard InChI is InChI=1S/C28H25N3/c1-28(2)18-17-23(27(28)29-3)26(20-11-5-4-6-12-20)30-19-31-24-15-9-7-13-21(24)22-14-8-10-16-25(22)31/h4-18H,3,19H2,1-2H3/b30-26-. The Hall–Kier alpha value is -3.72. The molecule has 0 N–H and O–H groups in total. The van der Waals surface area contributed by atoms with Crippen LogP contribution >= 0.6 is 0 Å². The number of rotatable bonds is 5. The first-order chi connectivity index (χ1) is 15.1. The summed E-state index contributed by atoms with van der Waals surface area (Å²) in [6.45, 7) is 8.70. The molecule has 152 valence electrons. The molecule has 1 heterocycles. The van der Waals surface area contributed by atoms with Gasteiger partial charge in [0, 0.05) is 27.3 Å². The minimum Gasteiger partial charge on any atom is -0.320 e. The van der Waals surface area contributed by atoms with Crippen LogP contribution in [0.4, 0.5) is 0 Å². The van der Waals surface area contributed by atoms with E-state index in [0.29, 0.717) is 6.67 Å². The van der Waals surface area contributed by atoms with Crippen molar-refractivity contribution < 1.29 is 0 Å². The highest BCUT2D eigenvalue weighted by molar-refractivity contribution is 6.15. The van der Waals surface area contributed by atoms with Gasteiger partial charge in [0.2, 0.25) is 0 Å². The fourth-order valence-corrected chi connectivity index (χ4v) is 4.50. The molecule has 0 saturated carbocycles. The van der Waals surface area contributed by atoms with Gasteiger partial charge in [0.05, 0.1) is 22.4 Å². The molecule has 4 aromatic rings. The van der Waals surface area contributed by atoms with Gasteiger partial charge in [-0.1, -0.05) is 92.7 Å². The summed E-state index contributed by atoms with van der Waals surface area (Å²) in [6, 6.07) is 27.4. The van der Waals surface area contributed by atoms with Gasteiger partial charge in [0.15, 0.2) is 0 Å². The van der Waals surface area contributed by atoms with Gasteiger partial charge in [-0.05, 0) is 18.9 Å². The molecule has 5 rings (SSSR count). The molecule has 0 aliphatic heterocycles. The van der Waals surface area contributed by atoms with Crippen molar-refractivity contribution in [3.05, 3.63) is 108 Å². The highest BCUT2D eigenvalue weighted by Crippen LogP contribution is 2.39. The first-order valence-corrected chi connectivity index (χ1v) is 10.6. The van der Waals surface area contributed by atoms with Crippen molar-refractivity contribution in [3.8, 4) is 0 Å². The summed E-state index contributed by atoms with van der Waals surface area (Å²) in [5.74, 6) is 0. The fourth-order valence-electron chi connectivity index (χ4n) is 4.50. The average Bonchev–Trinajstić information content (AvgIpc) is 3.28. The molecule has 0 saturated heterocycles. The fraction of sp³-hybridized carbons (Fsp3) is 0.143. The number of aliphatic imine (C=N–C) groups is 2. The topological polar surface area (TPSA) is 29.6 Å². The van der Waals surface area contributed by atoms with E-state index in [1.165, 1.54) is 21.8 Å². The van der Waals surface area contributed by atoms with Gasteiger partial charge >= 0.3 is 0 Å². The molecule has 1 aliphatic rings. The van der Waals surface area contributed by atoms with Gasteiger partial charge in [-0.25, -0.2) is 0 Å². The van der Waals surface area contributed by atoms with Crippen LogP contribution in [0.15, 0.2) is 112 Å². The second-order valence-electron chi connectivity index (χ2n) is 8.45. The SMILES string of the molecule is C=NC1=C(/C(=N\Cn2c3ccccc3c3ccccc32)c2ccccc2)C=CC1(C)C. The molecule has 0 fully saturated rings. The molecule has 0 radical (unpaired) electrons. The third-order valence-corrected chi connectivity index (χ3v) is 6.04. The molecule has 3 aromatic carbocycles. The predicted molar refractivity (Wildman–Crippen MR) is 132 cm³/mol. The summed E-state index contributed by atoms with van der Waals surface area (Å²) in [4.78, 5) is 9.56.